The summed E-state index contributed by atoms with van der Waals surface area (Å²) >= 11 is 0. The number of primary amides is 1. The summed E-state index contributed by atoms with van der Waals surface area (Å²) in [4.78, 5) is 26.1. The second kappa shape index (κ2) is 6.63. The Bertz CT molecular complexity index is 800. The number of benzene rings is 2. The van der Waals surface area contributed by atoms with Crippen LogP contribution in [0.5, 0.6) is 0 Å². The predicted molar refractivity (Wildman–Crippen MR) is 88.8 cm³/mol. The first kappa shape index (κ1) is 17.1. The number of amides is 2. The van der Waals surface area contributed by atoms with Crippen LogP contribution in [0.25, 0.3) is 0 Å². The number of nitrogens with two attached hydrogens (primary N) is 1. The number of carbonyl (C=O) groups is 2. The van der Waals surface area contributed by atoms with Crippen LogP contribution in [0.4, 0.5) is 8.78 Å². The first-order valence-corrected chi connectivity index (χ1v) is 8.04. The van der Waals surface area contributed by atoms with E-state index in [0.717, 1.165) is 17.7 Å². The number of hydrogen-bond acceptors (Lipinski definition) is 2. The summed E-state index contributed by atoms with van der Waals surface area (Å²) in [5.41, 5.74) is 5.48. The number of likely N-dealkylation sites (tertiary alicyclic amines) is 1. The SMILES string of the molecule is NC(=O)C1(c2ccccc2)CCN(C(=O)c2ccc(F)cc2F)CC1. The van der Waals surface area contributed by atoms with Crippen LogP contribution in [-0.4, -0.2) is 29.8 Å². The highest BCUT2D eigenvalue weighted by atomic mass is 19.1. The van der Waals surface area contributed by atoms with Gasteiger partial charge in [-0.05, 0) is 30.5 Å². The molecule has 2 N–H and O–H groups in total. The molecule has 4 nitrogen and oxygen atoms in total. The third-order valence-electron chi connectivity index (χ3n) is 4.86. The van der Waals surface area contributed by atoms with Gasteiger partial charge in [-0.1, -0.05) is 30.3 Å². The van der Waals surface area contributed by atoms with E-state index in [2.05, 4.69) is 0 Å². The Kier molecular flexibility index (Phi) is 4.53. The van der Waals surface area contributed by atoms with Crippen molar-refractivity contribution < 1.29 is 18.4 Å². The van der Waals surface area contributed by atoms with Gasteiger partial charge in [-0.15, -0.1) is 0 Å². The fraction of sp³-hybridized carbons (Fsp3) is 0.263. The Morgan fingerprint density at radius 2 is 1.64 bits per heavy atom. The van der Waals surface area contributed by atoms with Crippen molar-refractivity contribution >= 4 is 11.8 Å². The zero-order chi connectivity index (χ0) is 18.0. The van der Waals surface area contributed by atoms with Crippen LogP contribution in [-0.2, 0) is 10.2 Å². The molecule has 3 rings (SSSR count). The lowest BCUT2D eigenvalue weighted by atomic mass is 9.72. The fourth-order valence-electron chi connectivity index (χ4n) is 3.36. The minimum atomic E-state index is -0.889. The van der Waals surface area contributed by atoms with Crippen LogP contribution in [0.3, 0.4) is 0 Å². The molecule has 1 heterocycles. The molecule has 25 heavy (non-hydrogen) atoms. The Morgan fingerprint density at radius 1 is 1.00 bits per heavy atom. The minimum absolute atomic E-state index is 0.173. The van der Waals surface area contributed by atoms with Gasteiger partial charge in [0.2, 0.25) is 5.91 Å². The van der Waals surface area contributed by atoms with Gasteiger partial charge in [-0.2, -0.15) is 0 Å². The molecule has 130 valence electrons. The number of piperidine rings is 1. The van der Waals surface area contributed by atoms with Crippen molar-refractivity contribution in [2.24, 2.45) is 5.73 Å². The van der Waals surface area contributed by atoms with Crippen LogP contribution in [0.15, 0.2) is 48.5 Å². The lowest BCUT2D eigenvalue weighted by molar-refractivity contribution is -0.125. The molecular weight excluding hydrogens is 326 g/mol. The summed E-state index contributed by atoms with van der Waals surface area (Å²) in [6.07, 6.45) is 0.724. The minimum Gasteiger partial charge on any atom is -0.369 e. The number of halogens is 2. The van der Waals surface area contributed by atoms with E-state index in [9.17, 15) is 18.4 Å². The van der Waals surface area contributed by atoms with E-state index in [1.54, 1.807) is 0 Å². The van der Waals surface area contributed by atoms with Crippen molar-refractivity contribution in [3.63, 3.8) is 0 Å². The Labute approximate surface area is 144 Å². The van der Waals surface area contributed by atoms with E-state index in [-0.39, 0.29) is 18.7 Å². The molecule has 0 saturated carbocycles. The monoisotopic (exact) mass is 344 g/mol. The van der Waals surface area contributed by atoms with Gasteiger partial charge in [-0.25, -0.2) is 8.78 Å². The van der Waals surface area contributed by atoms with Gasteiger partial charge in [0, 0.05) is 19.2 Å². The van der Waals surface area contributed by atoms with Gasteiger partial charge in [0.15, 0.2) is 0 Å². The molecule has 0 spiro atoms. The molecule has 2 aromatic rings. The topological polar surface area (TPSA) is 63.4 Å². The van der Waals surface area contributed by atoms with Crippen LogP contribution < -0.4 is 5.73 Å². The summed E-state index contributed by atoms with van der Waals surface area (Å²) in [7, 11) is 0. The van der Waals surface area contributed by atoms with Gasteiger partial charge < -0.3 is 10.6 Å². The van der Waals surface area contributed by atoms with Crippen molar-refractivity contribution in [2.75, 3.05) is 13.1 Å². The Morgan fingerprint density at radius 3 is 2.20 bits per heavy atom. The third kappa shape index (κ3) is 3.12. The molecule has 1 saturated heterocycles. The van der Waals surface area contributed by atoms with E-state index in [1.165, 1.54) is 4.90 Å². The molecule has 2 aromatic carbocycles. The number of rotatable bonds is 3. The lowest BCUT2D eigenvalue weighted by Gasteiger charge is -2.40. The molecule has 0 atom stereocenters. The molecule has 6 heteroatoms. The average molecular weight is 344 g/mol. The molecule has 0 radical (unpaired) electrons. The van der Waals surface area contributed by atoms with Crippen molar-refractivity contribution in [2.45, 2.75) is 18.3 Å². The first-order chi connectivity index (χ1) is 11.9. The molecule has 1 fully saturated rings. The van der Waals surface area contributed by atoms with Crippen molar-refractivity contribution in [1.82, 2.24) is 4.90 Å². The fourth-order valence-corrected chi connectivity index (χ4v) is 3.36. The zero-order valence-electron chi connectivity index (χ0n) is 13.5. The van der Waals surface area contributed by atoms with Crippen LogP contribution in [0.2, 0.25) is 0 Å². The highest BCUT2D eigenvalue weighted by Gasteiger charge is 2.42. The van der Waals surface area contributed by atoms with Crippen molar-refractivity contribution in [3.8, 4) is 0 Å². The van der Waals surface area contributed by atoms with Gasteiger partial charge in [0.05, 0.1) is 11.0 Å². The maximum Gasteiger partial charge on any atom is 0.256 e. The number of nitrogens with zero attached hydrogens (tertiary/aromatic N) is 1. The van der Waals surface area contributed by atoms with E-state index in [4.69, 9.17) is 5.73 Å². The molecule has 0 bridgehead atoms. The summed E-state index contributed by atoms with van der Waals surface area (Å²) in [5.74, 6) is -2.56. The zero-order valence-corrected chi connectivity index (χ0v) is 13.5. The highest BCUT2D eigenvalue weighted by Crippen LogP contribution is 2.35. The maximum atomic E-state index is 13.8. The standard InChI is InChI=1S/C19H18F2N2O2/c20-14-6-7-15(16(21)12-14)17(24)23-10-8-19(9-11-23,18(22)25)13-4-2-1-3-5-13/h1-7,12H,8-11H2,(H2,22,25). The van der Waals surface area contributed by atoms with Gasteiger partial charge >= 0.3 is 0 Å². The summed E-state index contributed by atoms with van der Waals surface area (Å²) in [6, 6.07) is 12.1. The van der Waals surface area contributed by atoms with Gasteiger partial charge in [-0.3, -0.25) is 9.59 Å². The van der Waals surface area contributed by atoms with E-state index >= 15 is 0 Å². The average Bonchev–Trinajstić information content (AvgIpc) is 2.62. The first-order valence-electron chi connectivity index (χ1n) is 8.04. The Hall–Kier alpha value is -2.76. The smallest absolute Gasteiger partial charge is 0.256 e. The number of carbonyl (C=O) groups excluding carboxylic acids is 2. The molecule has 2 amide bonds. The molecule has 0 unspecified atom stereocenters. The van der Waals surface area contributed by atoms with Gasteiger partial charge in [0.25, 0.3) is 5.91 Å². The molecule has 0 aromatic heterocycles. The van der Waals surface area contributed by atoms with E-state index < -0.39 is 28.9 Å². The van der Waals surface area contributed by atoms with Crippen LogP contribution in [0.1, 0.15) is 28.8 Å². The van der Waals surface area contributed by atoms with Crippen LogP contribution in [0, 0.1) is 11.6 Å². The van der Waals surface area contributed by atoms with Crippen molar-refractivity contribution in [1.29, 1.82) is 0 Å². The normalized spacial score (nSPS) is 16.5. The quantitative estimate of drug-likeness (QED) is 0.930. The van der Waals surface area contributed by atoms with Gasteiger partial charge in [0.1, 0.15) is 11.6 Å². The summed E-state index contributed by atoms with van der Waals surface area (Å²) in [6.45, 7) is 0.543. The lowest BCUT2D eigenvalue weighted by Crippen LogP contribution is -2.51. The largest absolute Gasteiger partial charge is 0.369 e. The molecular formula is C19H18F2N2O2. The van der Waals surface area contributed by atoms with E-state index in [1.807, 2.05) is 30.3 Å². The number of hydrogen-bond donors (Lipinski definition) is 1. The molecule has 0 aliphatic carbocycles. The molecule has 1 aliphatic rings. The second-order valence-corrected chi connectivity index (χ2v) is 6.23. The van der Waals surface area contributed by atoms with Crippen molar-refractivity contribution in [3.05, 3.63) is 71.3 Å². The second-order valence-electron chi connectivity index (χ2n) is 6.23. The summed E-state index contributed by atoms with van der Waals surface area (Å²) in [5, 5.41) is 0. The maximum absolute atomic E-state index is 13.8. The molecule has 1 aliphatic heterocycles. The summed E-state index contributed by atoms with van der Waals surface area (Å²) < 4.78 is 26.9. The van der Waals surface area contributed by atoms with E-state index in [0.29, 0.717) is 18.9 Å². The predicted octanol–water partition coefficient (Wildman–Crippen LogP) is 2.62. The Balaban J connectivity index is 1.80. The highest BCUT2D eigenvalue weighted by molar-refractivity contribution is 5.95. The van der Waals surface area contributed by atoms with Crippen LogP contribution >= 0.6 is 0 Å². The third-order valence-corrected chi connectivity index (χ3v) is 4.86.